The number of fused-ring (bicyclic) bond motifs is 1. The Labute approximate surface area is 123 Å². The number of halogens is 2. The molecule has 0 saturated carbocycles. The third kappa shape index (κ3) is 3.09. The van der Waals surface area contributed by atoms with Crippen molar-refractivity contribution in [2.24, 2.45) is 0 Å². The first kappa shape index (κ1) is 14.8. The van der Waals surface area contributed by atoms with Crippen molar-refractivity contribution >= 4 is 50.2 Å². The van der Waals surface area contributed by atoms with E-state index >= 15 is 0 Å². The first-order chi connectivity index (χ1) is 9.17. The van der Waals surface area contributed by atoms with Crippen LogP contribution in [0, 0.1) is 0 Å². The van der Waals surface area contributed by atoms with Crippen LogP contribution in [-0.2, 0) is 10.0 Å². The van der Waals surface area contributed by atoms with Crippen LogP contribution in [-0.4, -0.2) is 30.5 Å². The summed E-state index contributed by atoms with van der Waals surface area (Å²) >= 11 is 11.7. The number of aromatic amines is 1. The number of nitrogens with one attached hydrogen (secondary N) is 2. The maximum absolute atomic E-state index is 11.7. The molecule has 1 aromatic heterocycles. The highest BCUT2D eigenvalue weighted by Crippen LogP contribution is 2.24. The number of aromatic nitrogens is 2. The number of benzene rings is 1. The van der Waals surface area contributed by atoms with Crippen molar-refractivity contribution in [2.45, 2.75) is 0 Å². The van der Waals surface area contributed by atoms with Gasteiger partial charge in [-0.3, -0.25) is 9.59 Å². The van der Waals surface area contributed by atoms with E-state index in [1.165, 1.54) is 12.1 Å². The van der Waals surface area contributed by atoms with Gasteiger partial charge in [0.05, 0.1) is 16.8 Å². The molecule has 0 aliphatic carbocycles. The fourth-order valence-corrected chi connectivity index (χ4v) is 2.46. The van der Waals surface area contributed by atoms with Gasteiger partial charge in [0.25, 0.3) is 11.5 Å². The Morgan fingerprint density at radius 3 is 2.60 bits per heavy atom. The highest BCUT2D eigenvalue weighted by molar-refractivity contribution is 7.89. The Morgan fingerprint density at radius 1 is 1.35 bits per heavy atom. The molecule has 7 nitrogen and oxygen atoms in total. The molecule has 106 valence electrons. The summed E-state index contributed by atoms with van der Waals surface area (Å²) in [5.41, 5.74) is -1.08. The molecule has 10 heteroatoms. The second-order valence-electron chi connectivity index (χ2n) is 3.90. The summed E-state index contributed by atoms with van der Waals surface area (Å²) < 4.78 is 23.6. The van der Waals surface area contributed by atoms with Crippen LogP contribution in [0.25, 0.3) is 11.0 Å². The van der Waals surface area contributed by atoms with E-state index in [2.05, 4.69) is 9.97 Å². The van der Waals surface area contributed by atoms with E-state index in [0.29, 0.717) is 0 Å². The van der Waals surface area contributed by atoms with Gasteiger partial charge in [-0.2, -0.15) is 0 Å². The molecule has 0 aliphatic rings. The number of carbonyl (C=O) groups is 1. The molecular formula is C10H7Cl2N3O4S. The topological polar surface area (TPSA) is 109 Å². The summed E-state index contributed by atoms with van der Waals surface area (Å²) in [5.74, 6) is -1.14. The van der Waals surface area contributed by atoms with Crippen molar-refractivity contribution in [2.75, 3.05) is 6.26 Å². The summed E-state index contributed by atoms with van der Waals surface area (Å²) in [6.45, 7) is 0. The Hall–Kier alpha value is -1.64. The minimum absolute atomic E-state index is 0.122. The van der Waals surface area contributed by atoms with Gasteiger partial charge in [0.2, 0.25) is 10.0 Å². The first-order valence-electron chi connectivity index (χ1n) is 5.08. The Balaban J connectivity index is 2.64. The molecule has 0 bridgehead atoms. The normalized spacial score (nSPS) is 11.6. The lowest BCUT2D eigenvalue weighted by Crippen LogP contribution is -2.34. The maximum atomic E-state index is 11.7. The van der Waals surface area contributed by atoms with E-state index in [-0.39, 0.29) is 21.1 Å². The molecule has 0 spiro atoms. The summed E-state index contributed by atoms with van der Waals surface area (Å²) in [7, 11) is -3.80. The molecule has 2 N–H and O–H groups in total. The average molecular weight is 336 g/mol. The number of rotatable bonds is 2. The Bertz CT molecular complexity index is 876. The number of hydrogen-bond donors (Lipinski definition) is 2. The molecule has 1 aromatic carbocycles. The maximum Gasteiger partial charge on any atom is 0.289 e. The SMILES string of the molecule is CS(=O)(=O)NC(=O)c1nc2c(Cl)cc(Cl)cc2[nH]c1=O. The molecule has 0 atom stereocenters. The zero-order valence-electron chi connectivity index (χ0n) is 9.90. The fourth-order valence-electron chi connectivity index (χ4n) is 1.49. The van der Waals surface area contributed by atoms with Crippen molar-refractivity contribution < 1.29 is 13.2 Å². The molecule has 2 rings (SSSR count). The van der Waals surface area contributed by atoms with Gasteiger partial charge in [0.1, 0.15) is 5.52 Å². The van der Waals surface area contributed by atoms with E-state index in [1.54, 1.807) is 4.72 Å². The van der Waals surface area contributed by atoms with Crippen LogP contribution in [0.1, 0.15) is 10.5 Å². The monoisotopic (exact) mass is 335 g/mol. The van der Waals surface area contributed by atoms with Crippen LogP contribution in [0.4, 0.5) is 0 Å². The lowest BCUT2D eigenvalue weighted by molar-refractivity contribution is 0.0975. The van der Waals surface area contributed by atoms with Crippen LogP contribution in [0.2, 0.25) is 10.0 Å². The largest absolute Gasteiger partial charge is 0.318 e. The second kappa shape index (κ2) is 5.04. The number of H-pyrrole nitrogens is 1. The van der Waals surface area contributed by atoms with Crippen molar-refractivity contribution in [3.63, 3.8) is 0 Å². The van der Waals surface area contributed by atoms with Crippen molar-refractivity contribution in [3.8, 4) is 0 Å². The van der Waals surface area contributed by atoms with Gasteiger partial charge < -0.3 is 4.98 Å². The standard InChI is InChI=1S/C10H7Cl2N3O4S/c1-20(18,19)15-10(17)8-9(16)13-6-3-4(11)2-5(12)7(6)14-8/h2-3H,1H3,(H,13,16)(H,15,17). The third-order valence-electron chi connectivity index (χ3n) is 2.21. The molecule has 20 heavy (non-hydrogen) atoms. The zero-order chi connectivity index (χ0) is 15.1. The van der Waals surface area contributed by atoms with Gasteiger partial charge in [-0.15, -0.1) is 0 Å². The minimum atomic E-state index is -3.80. The quantitative estimate of drug-likeness (QED) is 0.848. The van der Waals surface area contributed by atoms with Gasteiger partial charge in [-0.05, 0) is 12.1 Å². The number of carbonyl (C=O) groups excluding carboxylic acids is 1. The molecule has 1 heterocycles. The van der Waals surface area contributed by atoms with Crippen LogP contribution in [0.15, 0.2) is 16.9 Å². The second-order valence-corrected chi connectivity index (χ2v) is 6.49. The van der Waals surface area contributed by atoms with Gasteiger partial charge >= 0.3 is 0 Å². The first-order valence-corrected chi connectivity index (χ1v) is 7.73. The Kier molecular flexibility index (Phi) is 3.72. The Morgan fingerprint density at radius 2 is 2.00 bits per heavy atom. The summed E-state index contributed by atoms with van der Waals surface area (Å²) in [5, 5.41) is 0.408. The molecule has 1 amide bonds. The lowest BCUT2D eigenvalue weighted by Gasteiger charge is -2.04. The summed E-state index contributed by atoms with van der Waals surface area (Å²) in [6, 6.07) is 2.80. The third-order valence-corrected chi connectivity index (χ3v) is 3.27. The lowest BCUT2D eigenvalue weighted by atomic mass is 10.3. The summed E-state index contributed by atoms with van der Waals surface area (Å²) in [6.07, 6.45) is 0.785. The molecule has 0 radical (unpaired) electrons. The predicted molar refractivity (Wildman–Crippen MR) is 74.7 cm³/mol. The fraction of sp³-hybridized carbons (Fsp3) is 0.100. The molecule has 0 saturated heterocycles. The molecule has 2 aromatic rings. The number of hydrogen-bond acceptors (Lipinski definition) is 5. The van der Waals surface area contributed by atoms with Gasteiger partial charge in [0.15, 0.2) is 5.69 Å². The van der Waals surface area contributed by atoms with E-state index in [1.807, 2.05) is 0 Å². The summed E-state index contributed by atoms with van der Waals surface area (Å²) in [4.78, 5) is 29.5. The number of amides is 1. The van der Waals surface area contributed by atoms with Crippen molar-refractivity contribution in [1.82, 2.24) is 14.7 Å². The van der Waals surface area contributed by atoms with Crippen molar-refractivity contribution in [3.05, 3.63) is 38.2 Å². The van der Waals surface area contributed by atoms with Gasteiger partial charge in [0, 0.05) is 5.02 Å². The number of sulfonamides is 1. The molecular weight excluding hydrogens is 329 g/mol. The highest BCUT2D eigenvalue weighted by Gasteiger charge is 2.18. The van der Waals surface area contributed by atoms with E-state index in [9.17, 15) is 18.0 Å². The van der Waals surface area contributed by atoms with Crippen LogP contribution in [0.3, 0.4) is 0 Å². The van der Waals surface area contributed by atoms with E-state index < -0.39 is 27.2 Å². The van der Waals surface area contributed by atoms with Crippen LogP contribution < -0.4 is 10.3 Å². The van der Waals surface area contributed by atoms with Gasteiger partial charge in [-0.1, -0.05) is 23.2 Å². The molecule has 0 aliphatic heterocycles. The van der Waals surface area contributed by atoms with Gasteiger partial charge in [-0.25, -0.2) is 18.1 Å². The molecule has 0 fully saturated rings. The minimum Gasteiger partial charge on any atom is -0.318 e. The predicted octanol–water partition coefficient (Wildman–Crippen LogP) is 0.919. The van der Waals surface area contributed by atoms with E-state index in [0.717, 1.165) is 6.26 Å². The van der Waals surface area contributed by atoms with Crippen LogP contribution in [0.5, 0.6) is 0 Å². The zero-order valence-corrected chi connectivity index (χ0v) is 12.2. The van der Waals surface area contributed by atoms with Crippen LogP contribution >= 0.6 is 23.2 Å². The molecule has 0 unspecified atom stereocenters. The number of nitrogens with zero attached hydrogens (tertiary/aromatic N) is 1. The van der Waals surface area contributed by atoms with Crippen molar-refractivity contribution in [1.29, 1.82) is 0 Å². The average Bonchev–Trinajstić information content (AvgIpc) is 2.24. The smallest absolute Gasteiger partial charge is 0.289 e. The van der Waals surface area contributed by atoms with E-state index in [4.69, 9.17) is 23.2 Å². The highest BCUT2D eigenvalue weighted by atomic mass is 35.5.